The molecule has 1 aliphatic rings. The SMILES string of the molecule is COc1cccc(C(C)NC(=O)CC2(N)CCCC2)c1. The number of rotatable bonds is 5. The molecule has 1 unspecified atom stereocenters. The van der Waals surface area contributed by atoms with Crippen molar-refractivity contribution in [3.05, 3.63) is 29.8 Å². The molecule has 20 heavy (non-hydrogen) atoms. The van der Waals surface area contributed by atoms with E-state index < -0.39 is 0 Å². The lowest BCUT2D eigenvalue weighted by atomic mass is 9.94. The molecule has 0 bridgehead atoms. The number of carbonyl (C=O) groups excluding carboxylic acids is 1. The van der Waals surface area contributed by atoms with Crippen molar-refractivity contribution in [3.63, 3.8) is 0 Å². The average molecular weight is 276 g/mol. The molecule has 1 aromatic carbocycles. The Morgan fingerprint density at radius 1 is 1.45 bits per heavy atom. The first-order valence-electron chi connectivity index (χ1n) is 7.25. The molecule has 110 valence electrons. The molecule has 2 rings (SSSR count). The van der Waals surface area contributed by atoms with Gasteiger partial charge in [0.2, 0.25) is 5.91 Å². The van der Waals surface area contributed by atoms with Crippen LogP contribution in [0, 0.1) is 0 Å². The lowest BCUT2D eigenvalue weighted by Crippen LogP contribution is -2.42. The van der Waals surface area contributed by atoms with Gasteiger partial charge < -0.3 is 15.8 Å². The van der Waals surface area contributed by atoms with Crippen LogP contribution in [-0.2, 0) is 4.79 Å². The summed E-state index contributed by atoms with van der Waals surface area (Å²) in [6.07, 6.45) is 4.59. The van der Waals surface area contributed by atoms with E-state index in [-0.39, 0.29) is 17.5 Å². The highest BCUT2D eigenvalue weighted by Crippen LogP contribution is 2.30. The van der Waals surface area contributed by atoms with Crippen LogP contribution in [0.2, 0.25) is 0 Å². The van der Waals surface area contributed by atoms with Crippen molar-refractivity contribution < 1.29 is 9.53 Å². The van der Waals surface area contributed by atoms with Crippen LogP contribution in [-0.4, -0.2) is 18.6 Å². The van der Waals surface area contributed by atoms with E-state index in [2.05, 4.69) is 5.32 Å². The minimum absolute atomic E-state index is 0.0321. The predicted octanol–water partition coefficient (Wildman–Crippen LogP) is 2.53. The summed E-state index contributed by atoms with van der Waals surface area (Å²) in [5.74, 6) is 0.833. The van der Waals surface area contributed by atoms with E-state index in [9.17, 15) is 4.79 Å². The van der Waals surface area contributed by atoms with Gasteiger partial charge in [0.15, 0.2) is 0 Å². The van der Waals surface area contributed by atoms with E-state index in [0.29, 0.717) is 6.42 Å². The topological polar surface area (TPSA) is 64.3 Å². The molecule has 0 aromatic heterocycles. The molecule has 4 heteroatoms. The summed E-state index contributed by atoms with van der Waals surface area (Å²) < 4.78 is 5.20. The molecule has 1 amide bonds. The number of carbonyl (C=O) groups is 1. The third-order valence-corrected chi connectivity index (χ3v) is 4.08. The zero-order chi connectivity index (χ0) is 14.6. The summed E-state index contributed by atoms with van der Waals surface area (Å²) in [5, 5.41) is 3.03. The van der Waals surface area contributed by atoms with Crippen LogP contribution in [0.25, 0.3) is 0 Å². The van der Waals surface area contributed by atoms with Gasteiger partial charge in [-0.1, -0.05) is 25.0 Å². The molecule has 1 saturated carbocycles. The number of nitrogens with two attached hydrogens (primary N) is 1. The Bertz CT molecular complexity index is 467. The Kier molecular flexibility index (Phi) is 4.65. The molecule has 1 aromatic rings. The molecule has 1 fully saturated rings. The van der Waals surface area contributed by atoms with Crippen LogP contribution in [0.15, 0.2) is 24.3 Å². The highest BCUT2D eigenvalue weighted by atomic mass is 16.5. The quantitative estimate of drug-likeness (QED) is 0.868. The van der Waals surface area contributed by atoms with Gasteiger partial charge in [-0.3, -0.25) is 4.79 Å². The number of ether oxygens (including phenoxy) is 1. The highest BCUT2D eigenvalue weighted by Gasteiger charge is 2.31. The lowest BCUT2D eigenvalue weighted by Gasteiger charge is -2.24. The van der Waals surface area contributed by atoms with Crippen LogP contribution < -0.4 is 15.8 Å². The van der Waals surface area contributed by atoms with Crippen molar-refractivity contribution in [1.29, 1.82) is 0 Å². The minimum atomic E-state index is -0.293. The van der Waals surface area contributed by atoms with Crippen molar-refractivity contribution in [1.82, 2.24) is 5.32 Å². The van der Waals surface area contributed by atoms with Gasteiger partial charge in [-0.2, -0.15) is 0 Å². The van der Waals surface area contributed by atoms with Crippen molar-refractivity contribution in [2.75, 3.05) is 7.11 Å². The molecular weight excluding hydrogens is 252 g/mol. The number of amides is 1. The molecular formula is C16H24N2O2. The van der Waals surface area contributed by atoms with E-state index in [1.165, 1.54) is 0 Å². The fourth-order valence-electron chi connectivity index (χ4n) is 2.86. The first-order chi connectivity index (χ1) is 9.52. The van der Waals surface area contributed by atoms with E-state index in [4.69, 9.17) is 10.5 Å². The molecule has 3 N–H and O–H groups in total. The normalized spacial score (nSPS) is 18.6. The summed E-state index contributed by atoms with van der Waals surface area (Å²) >= 11 is 0. The fourth-order valence-corrected chi connectivity index (χ4v) is 2.86. The van der Waals surface area contributed by atoms with Gasteiger partial charge in [0.05, 0.1) is 13.2 Å². The Balaban J connectivity index is 1.93. The summed E-state index contributed by atoms with van der Waals surface area (Å²) in [7, 11) is 1.64. The van der Waals surface area contributed by atoms with Crippen molar-refractivity contribution in [3.8, 4) is 5.75 Å². The molecule has 0 heterocycles. The molecule has 4 nitrogen and oxygen atoms in total. The van der Waals surface area contributed by atoms with Crippen LogP contribution in [0.5, 0.6) is 5.75 Å². The average Bonchev–Trinajstić information content (AvgIpc) is 2.84. The standard InChI is InChI=1S/C16H24N2O2/c1-12(13-6-5-7-14(10-13)20-2)18-15(19)11-16(17)8-3-4-9-16/h5-7,10,12H,3-4,8-9,11,17H2,1-2H3,(H,18,19). The van der Waals surface area contributed by atoms with E-state index in [1.807, 2.05) is 31.2 Å². The highest BCUT2D eigenvalue weighted by molar-refractivity contribution is 5.77. The minimum Gasteiger partial charge on any atom is -0.497 e. The number of methoxy groups -OCH3 is 1. The van der Waals surface area contributed by atoms with Gasteiger partial charge in [-0.15, -0.1) is 0 Å². The zero-order valence-electron chi connectivity index (χ0n) is 12.3. The summed E-state index contributed by atoms with van der Waals surface area (Å²) in [4.78, 5) is 12.1. The molecule has 0 saturated heterocycles. The predicted molar refractivity (Wildman–Crippen MR) is 79.6 cm³/mol. The van der Waals surface area contributed by atoms with Crippen molar-refractivity contribution in [2.45, 2.75) is 50.6 Å². The molecule has 0 radical (unpaired) electrons. The Morgan fingerprint density at radius 3 is 2.80 bits per heavy atom. The Labute approximate surface area is 120 Å². The first-order valence-corrected chi connectivity index (χ1v) is 7.25. The van der Waals surface area contributed by atoms with Gasteiger partial charge >= 0.3 is 0 Å². The molecule has 1 aliphatic carbocycles. The second-order valence-electron chi connectivity index (χ2n) is 5.81. The van der Waals surface area contributed by atoms with E-state index in [1.54, 1.807) is 7.11 Å². The maximum absolute atomic E-state index is 12.1. The van der Waals surface area contributed by atoms with Gasteiger partial charge in [0.25, 0.3) is 0 Å². The maximum atomic E-state index is 12.1. The van der Waals surface area contributed by atoms with Gasteiger partial charge in [-0.05, 0) is 37.5 Å². The monoisotopic (exact) mass is 276 g/mol. The van der Waals surface area contributed by atoms with Crippen LogP contribution in [0.1, 0.15) is 50.6 Å². The van der Waals surface area contributed by atoms with Crippen molar-refractivity contribution >= 4 is 5.91 Å². The first kappa shape index (κ1) is 14.9. The Morgan fingerprint density at radius 2 is 2.15 bits per heavy atom. The number of hydrogen-bond donors (Lipinski definition) is 2. The van der Waals surface area contributed by atoms with Crippen molar-refractivity contribution in [2.24, 2.45) is 5.73 Å². The molecule has 0 aliphatic heterocycles. The van der Waals surface area contributed by atoms with Gasteiger partial charge in [0.1, 0.15) is 5.75 Å². The largest absolute Gasteiger partial charge is 0.497 e. The third-order valence-electron chi connectivity index (χ3n) is 4.08. The summed E-state index contributed by atoms with van der Waals surface area (Å²) in [5.41, 5.74) is 6.98. The van der Waals surface area contributed by atoms with Crippen LogP contribution in [0.4, 0.5) is 0 Å². The third kappa shape index (κ3) is 3.73. The van der Waals surface area contributed by atoms with Crippen LogP contribution in [0.3, 0.4) is 0 Å². The van der Waals surface area contributed by atoms with Crippen LogP contribution >= 0.6 is 0 Å². The number of nitrogens with one attached hydrogen (secondary N) is 1. The Hall–Kier alpha value is -1.55. The lowest BCUT2D eigenvalue weighted by molar-refractivity contribution is -0.122. The molecule has 1 atom stereocenters. The summed E-state index contributed by atoms with van der Waals surface area (Å²) in [6.45, 7) is 1.98. The zero-order valence-corrected chi connectivity index (χ0v) is 12.3. The molecule has 0 spiro atoms. The fraction of sp³-hybridized carbons (Fsp3) is 0.562. The smallest absolute Gasteiger partial charge is 0.222 e. The second-order valence-corrected chi connectivity index (χ2v) is 5.81. The number of benzene rings is 1. The van der Waals surface area contributed by atoms with E-state index in [0.717, 1.165) is 37.0 Å². The second kappa shape index (κ2) is 6.27. The van der Waals surface area contributed by atoms with E-state index >= 15 is 0 Å². The number of hydrogen-bond acceptors (Lipinski definition) is 3. The maximum Gasteiger partial charge on any atom is 0.222 e. The van der Waals surface area contributed by atoms with Gasteiger partial charge in [-0.25, -0.2) is 0 Å². The van der Waals surface area contributed by atoms with Gasteiger partial charge in [0, 0.05) is 12.0 Å². The summed E-state index contributed by atoms with van der Waals surface area (Å²) in [6, 6.07) is 7.71.